The summed E-state index contributed by atoms with van der Waals surface area (Å²) >= 11 is 0. The van der Waals surface area contributed by atoms with Crippen molar-refractivity contribution in [1.29, 1.82) is 0 Å². The van der Waals surface area contributed by atoms with Gasteiger partial charge in [-0.15, -0.1) is 0 Å². The SMILES string of the molecule is O=C[C@@H]1CC2(CCCC2)C[C@]12C[C@H]1C[C@H]3C[C@H]4C[C@]5(CO)O[C@H]6Oc7cccc8c7C(=O)[C@]7(CSSCNC9=CC(=C3CN9)[C@@]1(C2)[C@@H]4[C@](O)([C@@H]5O)[C@H]6O)C(O)=CC(Cc1cccc(CO)c1)=C[C@@H]7C8=O. The van der Waals surface area contributed by atoms with Crippen LogP contribution in [0.15, 0.2) is 89.0 Å². The zero-order chi connectivity index (χ0) is 48.2. The molecule has 3 aliphatic heterocycles. The molecule has 0 amide bonds. The number of rotatable bonds is 5. The van der Waals surface area contributed by atoms with Crippen molar-refractivity contribution in [3.63, 3.8) is 0 Å². The highest BCUT2D eigenvalue weighted by atomic mass is 33.1. The molecule has 2 aromatic rings. The maximum atomic E-state index is 15.6. The second-order valence-corrected chi connectivity index (χ2v) is 25.7. The number of ketones is 2. The number of benzene rings is 2. The third kappa shape index (κ3) is 6.12. The number of carbonyl (C=O) groups excluding carboxylic acids is 3. The molecule has 9 aliphatic carbocycles. The number of carbonyl (C=O) groups is 3. The third-order valence-corrected chi connectivity index (χ3v) is 22.3. The van der Waals surface area contributed by atoms with Crippen molar-refractivity contribution in [1.82, 2.24) is 10.6 Å². The molecule has 0 aromatic heterocycles. The molecule has 15 heteroatoms. The van der Waals surface area contributed by atoms with Crippen LogP contribution in [-0.4, -0.2) is 103 Å². The molecule has 12 aliphatic rings. The molecule has 1 saturated heterocycles. The van der Waals surface area contributed by atoms with E-state index in [2.05, 4.69) is 16.7 Å². The molecular weight excluding hydrogens is 929 g/mol. The Morgan fingerprint density at radius 3 is 2.54 bits per heavy atom. The Morgan fingerprint density at radius 2 is 1.74 bits per heavy atom. The summed E-state index contributed by atoms with van der Waals surface area (Å²) in [5.41, 5.74) is -2.18. The Balaban J connectivity index is 0.954. The van der Waals surface area contributed by atoms with E-state index < -0.39 is 70.5 Å². The lowest BCUT2D eigenvalue weighted by atomic mass is 9.46. The van der Waals surface area contributed by atoms with Crippen LogP contribution < -0.4 is 15.4 Å². The van der Waals surface area contributed by atoms with Crippen LogP contribution in [0.2, 0.25) is 0 Å². The fourth-order valence-corrected chi connectivity index (χ4v) is 19.8. The minimum absolute atomic E-state index is 0.0232. The summed E-state index contributed by atoms with van der Waals surface area (Å²) in [7, 11) is 2.85. The molecule has 2 aromatic carbocycles. The second kappa shape index (κ2) is 16.0. The minimum Gasteiger partial charge on any atom is -0.511 e. The number of fused-ring (bicyclic) bond motifs is 2. The Labute approximate surface area is 415 Å². The molecule has 3 heterocycles. The molecule has 14 rings (SSSR count). The summed E-state index contributed by atoms with van der Waals surface area (Å²) in [5.74, 6) is -2.18. The third-order valence-electron chi connectivity index (χ3n) is 20.1. The van der Waals surface area contributed by atoms with Crippen LogP contribution in [0.25, 0.3) is 0 Å². The number of ether oxygens (including phenoxy) is 2. The van der Waals surface area contributed by atoms with E-state index in [0.717, 1.165) is 73.9 Å². The van der Waals surface area contributed by atoms with Crippen LogP contribution in [0, 0.1) is 57.2 Å². The van der Waals surface area contributed by atoms with Gasteiger partial charge >= 0.3 is 0 Å². The molecule has 13 nitrogen and oxygen atoms in total. The van der Waals surface area contributed by atoms with Gasteiger partial charge in [0, 0.05) is 35.1 Å². The fraction of sp³-hybridized carbons (Fsp3) is 0.582. The summed E-state index contributed by atoms with van der Waals surface area (Å²) in [4.78, 5) is 44.1. The summed E-state index contributed by atoms with van der Waals surface area (Å²) in [5, 5.41) is 80.7. The molecule has 10 bridgehead atoms. The number of allylic oxidation sites excluding steroid dienone is 6. The highest BCUT2D eigenvalue weighted by Crippen LogP contribution is 2.79. The molecule has 5 saturated carbocycles. The fourth-order valence-electron chi connectivity index (χ4n) is 17.6. The van der Waals surface area contributed by atoms with E-state index in [1.165, 1.54) is 39.5 Å². The smallest absolute Gasteiger partial charge is 0.229 e. The first-order valence-electron chi connectivity index (χ1n) is 25.5. The van der Waals surface area contributed by atoms with Gasteiger partial charge in [-0.25, -0.2) is 0 Å². The van der Waals surface area contributed by atoms with Crippen LogP contribution >= 0.6 is 21.6 Å². The van der Waals surface area contributed by atoms with E-state index in [0.29, 0.717) is 37.3 Å². The van der Waals surface area contributed by atoms with Gasteiger partial charge in [0.1, 0.15) is 46.6 Å². The predicted molar refractivity (Wildman–Crippen MR) is 261 cm³/mol. The van der Waals surface area contributed by atoms with Crippen molar-refractivity contribution in [2.24, 2.45) is 57.2 Å². The summed E-state index contributed by atoms with van der Waals surface area (Å²) in [6.07, 6.45) is 11.2. The molecule has 0 radical (unpaired) electrons. The Hall–Kier alpha value is -3.93. The molecule has 370 valence electrons. The van der Waals surface area contributed by atoms with E-state index in [-0.39, 0.29) is 75.9 Å². The molecule has 0 unspecified atom stereocenters. The number of hydrogen-bond donors (Lipinski definition) is 8. The quantitative estimate of drug-likeness (QED) is 0.128. The number of hydrogen-bond acceptors (Lipinski definition) is 15. The summed E-state index contributed by atoms with van der Waals surface area (Å²) in [6, 6.07) is 12.1. The average molecular weight is 991 g/mol. The number of aliphatic hydroxyl groups excluding tert-OH is 5. The van der Waals surface area contributed by atoms with E-state index >= 15 is 9.59 Å². The Morgan fingerprint density at radius 1 is 0.929 bits per heavy atom. The average Bonchev–Trinajstić information content (AvgIpc) is 4.00. The number of Topliss-reactive ketones (excluding diaryl/α,β-unsaturated/α-hetero) is 2. The Bertz CT molecular complexity index is 2730. The van der Waals surface area contributed by atoms with E-state index in [1.807, 2.05) is 24.3 Å². The topological polar surface area (TPSA) is 215 Å². The first-order chi connectivity index (χ1) is 33.8. The summed E-state index contributed by atoms with van der Waals surface area (Å²) in [6.45, 7) is -0.258. The van der Waals surface area contributed by atoms with E-state index in [4.69, 9.17) is 9.47 Å². The van der Waals surface area contributed by atoms with Crippen LogP contribution in [0.5, 0.6) is 5.75 Å². The van der Waals surface area contributed by atoms with Gasteiger partial charge in [-0.2, -0.15) is 0 Å². The molecule has 4 spiro atoms. The normalized spacial score (nSPS) is 42.8. The monoisotopic (exact) mass is 990 g/mol. The van der Waals surface area contributed by atoms with Gasteiger partial charge in [0.2, 0.25) is 6.29 Å². The first kappa shape index (κ1) is 45.9. The highest BCUT2D eigenvalue weighted by Gasteiger charge is 2.79. The van der Waals surface area contributed by atoms with Crippen molar-refractivity contribution >= 4 is 39.4 Å². The van der Waals surface area contributed by atoms with E-state index in [9.17, 15) is 35.4 Å². The van der Waals surface area contributed by atoms with Crippen molar-refractivity contribution in [2.45, 2.75) is 113 Å². The first-order valence-corrected chi connectivity index (χ1v) is 27.9. The lowest BCUT2D eigenvalue weighted by Crippen LogP contribution is -2.81. The van der Waals surface area contributed by atoms with Crippen LogP contribution in [0.3, 0.4) is 0 Å². The van der Waals surface area contributed by atoms with Gasteiger partial charge in [-0.05, 0) is 139 Å². The maximum Gasteiger partial charge on any atom is 0.229 e. The predicted octanol–water partition coefficient (Wildman–Crippen LogP) is 6.00. The number of aliphatic hydroxyl groups is 6. The maximum absolute atomic E-state index is 15.6. The second-order valence-electron chi connectivity index (χ2n) is 23.3. The van der Waals surface area contributed by atoms with Crippen molar-refractivity contribution in [2.75, 3.05) is 24.8 Å². The van der Waals surface area contributed by atoms with Crippen molar-refractivity contribution in [3.8, 4) is 5.75 Å². The van der Waals surface area contributed by atoms with Crippen molar-refractivity contribution in [3.05, 3.63) is 111 Å². The van der Waals surface area contributed by atoms with Crippen molar-refractivity contribution < 1.29 is 54.5 Å². The highest BCUT2D eigenvalue weighted by molar-refractivity contribution is 8.76. The minimum atomic E-state index is -2.30. The molecule has 6 fully saturated rings. The molecule has 14 atom stereocenters. The van der Waals surface area contributed by atoms with Crippen LogP contribution in [0.4, 0.5) is 0 Å². The lowest BCUT2D eigenvalue weighted by molar-refractivity contribution is -0.392. The Kier molecular flexibility index (Phi) is 10.5. The van der Waals surface area contributed by atoms with Gasteiger partial charge in [0.25, 0.3) is 0 Å². The standard InChI is InChI=1S/C55H62N2O11S2/c58-22-30-6-3-5-29(11-30)12-31-13-39-44(62)36-7-4-8-40-43(36)46(63)54(39,41(61)14-31)27-69-70-28-57-42-17-38-37(21-56-42)32-15-33-18-52(26-60)49(65)55(66,47(64)48(67-40)68-52)45(33)53(38)25-51(20-34(53)16-32)24-50(9-1-2-10-50)19-35(51)23-59/h3-8,11,13-14,17,23,32-35,39,45,47-49,56-58,60-61,64-66H,1-2,9-10,12,15-16,18-22,24-28H2/t32-,33+,34-,35+,39-,45-,47+,48-,49-,51+,52-,53+,54+,55-/m1/s1. The molecular formula is C55H62N2O11S2. The van der Waals surface area contributed by atoms with Gasteiger partial charge in [-0.3, -0.25) is 9.59 Å². The largest absolute Gasteiger partial charge is 0.511 e. The zero-order valence-electron chi connectivity index (χ0n) is 39.1. The van der Waals surface area contributed by atoms with Gasteiger partial charge < -0.3 is 55.5 Å². The summed E-state index contributed by atoms with van der Waals surface area (Å²) < 4.78 is 13.4. The zero-order valence-corrected chi connectivity index (χ0v) is 40.7. The number of nitrogens with one attached hydrogen (secondary N) is 2. The van der Waals surface area contributed by atoms with Crippen LogP contribution in [-0.2, 0) is 22.6 Å². The molecule has 8 N–H and O–H groups in total. The van der Waals surface area contributed by atoms with Gasteiger partial charge in [-0.1, -0.05) is 76.9 Å². The van der Waals surface area contributed by atoms with Gasteiger partial charge in [0.05, 0.1) is 36.4 Å². The number of dihydropyridines is 1. The molecule has 70 heavy (non-hydrogen) atoms. The van der Waals surface area contributed by atoms with Gasteiger partial charge in [0.15, 0.2) is 11.6 Å². The van der Waals surface area contributed by atoms with Crippen LogP contribution in [0.1, 0.15) is 102 Å². The van der Waals surface area contributed by atoms with E-state index in [1.54, 1.807) is 24.3 Å². The number of aldehydes is 1. The lowest BCUT2D eigenvalue weighted by Gasteiger charge is -2.65.